The number of aromatic hydroxyl groups is 4. The van der Waals surface area contributed by atoms with E-state index in [1.165, 1.54) is 55.0 Å². The average Bonchev–Trinajstić information content (AvgIpc) is 0.799. The number of para-hydroxylation sites is 5. The van der Waals surface area contributed by atoms with Crippen molar-refractivity contribution in [3.8, 4) is 23.0 Å². The van der Waals surface area contributed by atoms with Gasteiger partial charge in [-0.15, -0.1) is 0 Å². The van der Waals surface area contributed by atoms with Gasteiger partial charge >= 0.3 is 71.3 Å². The summed E-state index contributed by atoms with van der Waals surface area (Å²) in [4.78, 5) is 16.1. The van der Waals surface area contributed by atoms with Crippen molar-refractivity contribution < 1.29 is 130 Å². The van der Waals surface area contributed by atoms with Crippen LogP contribution in [0.2, 0.25) is 0 Å². The summed E-state index contributed by atoms with van der Waals surface area (Å²) in [5.41, 5.74) is 3.56. The van der Waals surface area contributed by atoms with Crippen LogP contribution in [0, 0.1) is 29.1 Å². The van der Waals surface area contributed by atoms with Gasteiger partial charge < -0.3 is 35.7 Å². The Hall–Kier alpha value is -6.51. The van der Waals surface area contributed by atoms with Crippen molar-refractivity contribution in [3.63, 3.8) is 0 Å². The second-order valence-electron chi connectivity index (χ2n) is 25.4. The van der Waals surface area contributed by atoms with Crippen molar-refractivity contribution in [1.82, 2.24) is 0 Å². The maximum atomic E-state index is 13.6. The maximum absolute atomic E-state index is 13.6. The number of hydrogen-bond acceptors (Lipinski definition) is 20. The Morgan fingerprint density at radius 1 is 0.352 bits per heavy atom. The summed E-state index contributed by atoms with van der Waals surface area (Å²) in [5, 5.41) is 62.5. The van der Waals surface area contributed by atoms with Gasteiger partial charge in [-0.05, 0) is 117 Å². The van der Waals surface area contributed by atoms with Crippen molar-refractivity contribution >= 4 is 115 Å². The molecule has 0 amide bonds. The van der Waals surface area contributed by atoms with Crippen LogP contribution in [-0.4, -0.2) is 129 Å². The molecule has 0 aliphatic carbocycles. The number of rotatable bonds is 14. The number of aliphatic imine (C=N–C) groups is 4. The summed E-state index contributed by atoms with van der Waals surface area (Å²) in [6.45, 7) is 23.6. The normalized spacial score (nSPS) is 11.6. The Labute approximate surface area is 663 Å². The van der Waals surface area contributed by atoms with Crippen molar-refractivity contribution in [1.29, 1.82) is 0 Å². The van der Waals surface area contributed by atoms with E-state index in [4.69, 9.17) is 52.5 Å². The predicted octanol–water partition coefficient (Wildman–Crippen LogP) is 18.0. The van der Waals surface area contributed by atoms with Crippen LogP contribution in [0.3, 0.4) is 0 Å². The fraction of sp³-hybridized carbons (Fsp3) is 0.297. The van der Waals surface area contributed by atoms with E-state index >= 15 is 0 Å². The molecule has 0 spiro atoms. The summed E-state index contributed by atoms with van der Waals surface area (Å²) < 4.78 is 151. The number of benzene rings is 8. The Balaban J connectivity index is 0.00000134. The van der Waals surface area contributed by atoms with Gasteiger partial charge in [0.25, 0.3) is 30.4 Å². The van der Waals surface area contributed by atoms with Gasteiger partial charge in [0, 0.05) is 68.4 Å². The second kappa shape index (κ2) is 47.6. The third kappa shape index (κ3) is 31.3. The van der Waals surface area contributed by atoms with Crippen LogP contribution < -0.4 is 0 Å². The molecular weight excluding hydrogens is 1630 g/mol. The second-order valence-corrected chi connectivity index (χ2v) is 35.7. The van der Waals surface area contributed by atoms with Gasteiger partial charge in [0.15, 0.2) is 23.3 Å². The molecule has 8 aromatic rings. The van der Waals surface area contributed by atoms with Gasteiger partial charge in [-0.2, -0.15) is 25.3 Å². The molecule has 0 fully saturated rings. The Kier molecular flexibility index (Phi) is 44.8. The van der Waals surface area contributed by atoms with Crippen molar-refractivity contribution in [2.24, 2.45) is 20.0 Å². The van der Waals surface area contributed by atoms with Gasteiger partial charge in [0.2, 0.25) is 5.82 Å². The molecule has 0 saturated heterocycles. The monoisotopic (exact) mass is 1720 g/mol. The number of nitrogens with zero attached hydrogens (tertiary/aromatic N) is 4. The standard InChI is InChI=1S/3C18H21NO4S.C17H14F5NO.3CH4O.4ClH.2Ti/c2*1-18(2,3)16-10-5-7-13(17(16)20)12-19-14-8-6-9-15(11-14)24(21,22)23-4;1-18(2,3)14-9-7-8-13(17(14)20)12-19-15-10-5-6-11-16(15)24(21,22)23-4;1-17(2,3)9-6-4-5-8(16(9)24)7-23-15-13(21)11(19)10(18)12(20)14(15)22;3*1-2;;;;;;/h3*5-12,20H,1-4H3;4-7,24H,1-3H3;3*2H,1H3;4*1H;;/q;;;;;;;;;;;2*+2/p-4. The molecule has 0 aromatic heterocycles. The number of halogens is 9. The zero-order valence-electron chi connectivity index (χ0n) is 62.4. The minimum atomic E-state index is -3.85. The number of aliphatic hydroxyl groups excluding tert-OH is 3. The third-order valence-electron chi connectivity index (χ3n) is 14.1. The Morgan fingerprint density at radius 3 is 0.880 bits per heavy atom. The number of phenolic OH excluding ortho intramolecular Hbond substituents is 4. The van der Waals surface area contributed by atoms with Gasteiger partial charge in [-0.25, -0.2) is 26.9 Å². The summed E-state index contributed by atoms with van der Waals surface area (Å²) >= 11 is -1.11. The molecule has 0 saturated carbocycles. The van der Waals surface area contributed by atoms with E-state index in [0.29, 0.717) is 33.6 Å². The molecule has 0 atom stereocenters. The fourth-order valence-corrected chi connectivity index (χ4v) is 11.1. The molecular formula is C74H89Cl4F5N4O16S3Ti2. The van der Waals surface area contributed by atoms with Crippen LogP contribution in [0.5, 0.6) is 23.0 Å². The van der Waals surface area contributed by atoms with Crippen LogP contribution in [0.1, 0.15) is 128 Å². The van der Waals surface area contributed by atoms with E-state index in [9.17, 15) is 67.6 Å². The summed E-state index contributed by atoms with van der Waals surface area (Å²) in [6.07, 6.45) is 5.34. The topological polar surface area (TPSA) is 321 Å². The first-order valence-electron chi connectivity index (χ1n) is 31.3. The van der Waals surface area contributed by atoms with Gasteiger partial charge in [0.1, 0.15) is 33.6 Å². The Bertz CT molecular complexity index is 4500. The molecule has 7 N–H and O–H groups in total. The molecule has 108 heavy (non-hydrogen) atoms. The van der Waals surface area contributed by atoms with E-state index in [1.807, 2.05) is 119 Å². The fourth-order valence-electron chi connectivity index (χ4n) is 8.85. The van der Waals surface area contributed by atoms with Crippen molar-refractivity contribution in [2.45, 2.75) is 119 Å². The van der Waals surface area contributed by atoms with Crippen molar-refractivity contribution in [3.05, 3.63) is 219 Å². The molecule has 0 unspecified atom stereocenters. The first-order chi connectivity index (χ1) is 50.3. The van der Waals surface area contributed by atoms with Crippen LogP contribution in [0.4, 0.5) is 44.7 Å². The molecule has 8 rings (SSSR count). The zero-order chi connectivity index (χ0) is 83.5. The molecule has 20 nitrogen and oxygen atoms in total. The first-order valence-corrected chi connectivity index (χ1v) is 44.1. The van der Waals surface area contributed by atoms with Crippen LogP contribution in [-0.2, 0) is 98.6 Å². The number of hydrogen-bond donors (Lipinski definition) is 7. The first kappa shape index (κ1) is 101. The quantitative estimate of drug-likeness (QED) is 0.0133. The molecule has 0 radical (unpaired) electrons. The molecule has 590 valence electrons. The van der Waals surface area contributed by atoms with Gasteiger partial charge in [-0.1, -0.05) is 156 Å². The third-order valence-corrected chi connectivity index (χ3v) is 17.9. The zero-order valence-corrected chi connectivity index (χ0v) is 71.0. The predicted molar refractivity (Wildman–Crippen MR) is 412 cm³/mol. The SMILES string of the molecule is CC(C)(C)c1cccc(C=Nc2c(F)c(F)c(F)c(F)c2F)c1O.CO.CO.CO.COS(=O)(=O)c1cccc(N=Cc2cccc(C(C)(C)C)c2O)c1.COS(=O)(=O)c1cccc(N=Cc2cccc(C(C)(C)C)c2O)c1.COS(=O)(=O)c1ccccc1N=Cc1cccc(C(C)(C)C)c1O.[Cl][Ti][Cl].[Cl][Ti][Cl]. The molecule has 34 heteroatoms. The summed E-state index contributed by atoms with van der Waals surface area (Å²) in [6, 6.07) is 39.6. The van der Waals surface area contributed by atoms with E-state index in [-0.39, 0.29) is 65.2 Å². The Morgan fingerprint density at radius 2 is 0.602 bits per heavy atom. The molecule has 0 aliphatic rings. The number of aliphatic hydroxyl groups is 3. The minimum absolute atomic E-state index is 0.0183. The van der Waals surface area contributed by atoms with Crippen LogP contribution in [0.15, 0.2) is 180 Å². The van der Waals surface area contributed by atoms with E-state index in [0.717, 1.165) is 65.6 Å². The summed E-state index contributed by atoms with van der Waals surface area (Å²) in [5.74, 6) is -10.2. The van der Waals surface area contributed by atoms with E-state index < -0.39 is 105 Å². The van der Waals surface area contributed by atoms with Crippen molar-refractivity contribution in [2.75, 3.05) is 42.7 Å². The van der Waals surface area contributed by atoms with Gasteiger partial charge in [0.05, 0.1) is 48.2 Å². The molecule has 8 aromatic carbocycles. The summed E-state index contributed by atoms with van der Waals surface area (Å²) in [7, 11) is 14.5. The van der Waals surface area contributed by atoms with Crippen LogP contribution in [0.25, 0.3) is 0 Å². The number of phenols is 4. The van der Waals surface area contributed by atoms with E-state index in [2.05, 4.69) is 32.5 Å². The molecule has 0 heterocycles. The average molecular weight is 1720 g/mol. The van der Waals surface area contributed by atoms with Crippen LogP contribution >= 0.6 is 37.2 Å². The molecule has 0 bridgehead atoms. The molecule has 0 aliphatic heterocycles. The van der Waals surface area contributed by atoms with Gasteiger partial charge in [-0.3, -0.25) is 27.5 Å². The van der Waals surface area contributed by atoms with E-state index in [1.54, 1.807) is 72.8 Å².